The third-order valence-electron chi connectivity index (χ3n) is 2.55. The average molecular weight is 323 g/mol. The Morgan fingerprint density at radius 3 is 2.53 bits per heavy atom. The molecule has 0 spiro atoms. The first-order valence-electron chi connectivity index (χ1n) is 5.87. The van der Waals surface area contributed by atoms with Crippen LogP contribution in [0.3, 0.4) is 0 Å². The Kier molecular flexibility index (Phi) is 5.24. The van der Waals surface area contributed by atoms with Gasteiger partial charge < -0.3 is 14.2 Å². The van der Waals surface area contributed by atoms with Crippen molar-refractivity contribution in [3.05, 3.63) is 58.6 Å². The monoisotopic (exact) mass is 322 g/mol. The Morgan fingerprint density at radius 1 is 1.05 bits per heavy atom. The molecule has 19 heavy (non-hydrogen) atoms. The van der Waals surface area contributed by atoms with Gasteiger partial charge in [-0.15, -0.1) is 0 Å². The summed E-state index contributed by atoms with van der Waals surface area (Å²) in [7, 11) is 1.63. The maximum Gasteiger partial charge on any atom is 0.189 e. The smallest absolute Gasteiger partial charge is 0.189 e. The van der Waals surface area contributed by atoms with Gasteiger partial charge in [-0.3, -0.25) is 0 Å². The summed E-state index contributed by atoms with van der Waals surface area (Å²) in [5, 5.41) is 0. The molecule has 0 atom stereocenters. The minimum Gasteiger partial charge on any atom is -0.497 e. The summed E-state index contributed by atoms with van der Waals surface area (Å²) in [5.41, 5.74) is 1.12. The van der Waals surface area contributed by atoms with Gasteiger partial charge in [0.1, 0.15) is 11.5 Å². The largest absolute Gasteiger partial charge is 0.497 e. The highest BCUT2D eigenvalue weighted by molar-refractivity contribution is 9.10. The molecular weight excluding hydrogens is 308 g/mol. The molecule has 0 heterocycles. The van der Waals surface area contributed by atoms with Gasteiger partial charge in [0, 0.05) is 0 Å². The number of ether oxygens (including phenoxy) is 3. The molecule has 0 amide bonds. The van der Waals surface area contributed by atoms with Gasteiger partial charge in [0.2, 0.25) is 0 Å². The zero-order valence-electron chi connectivity index (χ0n) is 10.6. The molecular formula is C15H15BrO3. The standard InChI is InChI=1S/C15H15BrO3/c1-17-13-7-8-15(14(16)9-13)19-11-18-10-12-5-3-2-4-6-12/h2-9H,10-11H2,1H3. The van der Waals surface area contributed by atoms with Crippen molar-refractivity contribution in [1.29, 1.82) is 0 Å². The molecule has 4 heteroatoms. The topological polar surface area (TPSA) is 27.7 Å². The van der Waals surface area contributed by atoms with Crippen LogP contribution in [0.4, 0.5) is 0 Å². The normalized spacial score (nSPS) is 10.2. The van der Waals surface area contributed by atoms with Crippen LogP contribution in [0.25, 0.3) is 0 Å². The molecule has 100 valence electrons. The van der Waals surface area contributed by atoms with Gasteiger partial charge in [-0.1, -0.05) is 30.3 Å². The highest BCUT2D eigenvalue weighted by Crippen LogP contribution is 2.29. The van der Waals surface area contributed by atoms with Crippen LogP contribution in [0.1, 0.15) is 5.56 Å². The first-order valence-corrected chi connectivity index (χ1v) is 6.67. The maximum absolute atomic E-state index is 5.53. The number of benzene rings is 2. The lowest BCUT2D eigenvalue weighted by molar-refractivity contribution is 0.00461. The summed E-state index contributed by atoms with van der Waals surface area (Å²) >= 11 is 3.42. The molecule has 0 bridgehead atoms. The molecule has 0 N–H and O–H groups in total. The molecule has 2 aromatic rings. The quantitative estimate of drug-likeness (QED) is 0.594. The van der Waals surface area contributed by atoms with Gasteiger partial charge in [-0.25, -0.2) is 0 Å². The van der Waals surface area contributed by atoms with Crippen LogP contribution in [0.15, 0.2) is 53.0 Å². The molecule has 0 saturated carbocycles. The second kappa shape index (κ2) is 7.16. The molecule has 0 fully saturated rings. The van der Waals surface area contributed by atoms with E-state index in [1.807, 2.05) is 48.5 Å². The number of halogens is 1. The highest BCUT2D eigenvalue weighted by Gasteiger charge is 2.02. The van der Waals surface area contributed by atoms with E-state index in [0.717, 1.165) is 21.5 Å². The van der Waals surface area contributed by atoms with Gasteiger partial charge in [0.05, 0.1) is 18.2 Å². The first-order chi connectivity index (χ1) is 9.29. The maximum atomic E-state index is 5.53. The molecule has 0 saturated heterocycles. The first kappa shape index (κ1) is 13.9. The SMILES string of the molecule is COc1ccc(OCOCc2ccccc2)c(Br)c1. The lowest BCUT2D eigenvalue weighted by Crippen LogP contribution is -2.03. The molecule has 2 aromatic carbocycles. The summed E-state index contributed by atoms with van der Waals surface area (Å²) in [6, 6.07) is 15.5. The summed E-state index contributed by atoms with van der Waals surface area (Å²) in [4.78, 5) is 0. The van der Waals surface area contributed by atoms with Crippen LogP contribution in [-0.2, 0) is 11.3 Å². The van der Waals surface area contributed by atoms with Crippen molar-refractivity contribution in [3.8, 4) is 11.5 Å². The van der Waals surface area contributed by atoms with E-state index in [9.17, 15) is 0 Å². The molecule has 0 unspecified atom stereocenters. The Balaban J connectivity index is 1.80. The Hall–Kier alpha value is -1.52. The van der Waals surface area contributed by atoms with Crippen molar-refractivity contribution in [2.24, 2.45) is 0 Å². The van der Waals surface area contributed by atoms with Gasteiger partial charge in [0.25, 0.3) is 0 Å². The summed E-state index contributed by atoms with van der Waals surface area (Å²) in [5.74, 6) is 1.51. The molecule has 0 aliphatic heterocycles. The summed E-state index contributed by atoms with van der Waals surface area (Å²) < 4.78 is 17.0. The second-order valence-electron chi connectivity index (χ2n) is 3.89. The fourth-order valence-electron chi connectivity index (χ4n) is 1.56. The number of hydrogen-bond donors (Lipinski definition) is 0. The number of hydrogen-bond acceptors (Lipinski definition) is 3. The summed E-state index contributed by atoms with van der Waals surface area (Å²) in [6.07, 6.45) is 0. The predicted octanol–water partition coefficient (Wildman–Crippen LogP) is 4.01. The van der Waals surface area contributed by atoms with E-state index in [1.54, 1.807) is 7.11 Å². The van der Waals surface area contributed by atoms with Crippen molar-refractivity contribution in [3.63, 3.8) is 0 Å². The van der Waals surface area contributed by atoms with Crippen molar-refractivity contribution in [2.75, 3.05) is 13.9 Å². The van der Waals surface area contributed by atoms with Crippen LogP contribution >= 0.6 is 15.9 Å². The third kappa shape index (κ3) is 4.26. The van der Waals surface area contributed by atoms with E-state index in [1.165, 1.54) is 0 Å². The zero-order valence-corrected chi connectivity index (χ0v) is 12.2. The lowest BCUT2D eigenvalue weighted by Gasteiger charge is -2.10. The van der Waals surface area contributed by atoms with Gasteiger partial charge in [-0.05, 0) is 39.7 Å². The average Bonchev–Trinajstić information content (AvgIpc) is 2.46. The van der Waals surface area contributed by atoms with E-state index < -0.39 is 0 Å². The lowest BCUT2D eigenvalue weighted by atomic mass is 10.2. The molecule has 0 aromatic heterocycles. The van der Waals surface area contributed by atoms with E-state index >= 15 is 0 Å². The van der Waals surface area contributed by atoms with Gasteiger partial charge >= 0.3 is 0 Å². The number of methoxy groups -OCH3 is 1. The Bertz CT molecular complexity index is 514. The minimum absolute atomic E-state index is 0.208. The van der Waals surface area contributed by atoms with Crippen LogP contribution < -0.4 is 9.47 Å². The summed E-state index contributed by atoms with van der Waals surface area (Å²) in [6.45, 7) is 0.744. The fourth-order valence-corrected chi connectivity index (χ4v) is 2.04. The van der Waals surface area contributed by atoms with Gasteiger partial charge in [0.15, 0.2) is 6.79 Å². The Morgan fingerprint density at radius 2 is 1.84 bits per heavy atom. The van der Waals surface area contributed by atoms with E-state index in [2.05, 4.69) is 15.9 Å². The number of rotatable bonds is 6. The van der Waals surface area contributed by atoms with Crippen molar-refractivity contribution in [1.82, 2.24) is 0 Å². The molecule has 2 rings (SSSR count). The van der Waals surface area contributed by atoms with Gasteiger partial charge in [-0.2, -0.15) is 0 Å². The van der Waals surface area contributed by atoms with Crippen LogP contribution in [0, 0.1) is 0 Å². The van der Waals surface area contributed by atoms with Crippen molar-refractivity contribution in [2.45, 2.75) is 6.61 Å². The van der Waals surface area contributed by atoms with Crippen molar-refractivity contribution >= 4 is 15.9 Å². The fraction of sp³-hybridized carbons (Fsp3) is 0.200. The molecule has 0 radical (unpaired) electrons. The highest BCUT2D eigenvalue weighted by atomic mass is 79.9. The molecule has 3 nitrogen and oxygen atoms in total. The van der Waals surface area contributed by atoms with E-state index in [-0.39, 0.29) is 6.79 Å². The molecule has 0 aliphatic rings. The molecule has 0 aliphatic carbocycles. The van der Waals surface area contributed by atoms with E-state index in [4.69, 9.17) is 14.2 Å². The second-order valence-corrected chi connectivity index (χ2v) is 4.75. The van der Waals surface area contributed by atoms with Crippen molar-refractivity contribution < 1.29 is 14.2 Å². The third-order valence-corrected chi connectivity index (χ3v) is 3.17. The van der Waals surface area contributed by atoms with Crippen LogP contribution in [0.2, 0.25) is 0 Å². The minimum atomic E-state index is 0.208. The predicted molar refractivity (Wildman–Crippen MR) is 77.4 cm³/mol. The zero-order chi connectivity index (χ0) is 13.5. The Labute approximate surface area is 121 Å². The van der Waals surface area contributed by atoms with Crippen LogP contribution in [0.5, 0.6) is 11.5 Å². The van der Waals surface area contributed by atoms with Crippen LogP contribution in [-0.4, -0.2) is 13.9 Å². The van der Waals surface area contributed by atoms with E-state index in [0.29, 0.717) is 6.61 Å².